The van der Waals surface area contributed by atoms with Gasteiger partial charge in [0, 0.05) is 12.6 Å². The van der Waals surface area contributed by atoms with Crippen molar-refractivity contribution in [3.8, 4) is 0 Å². The number of carbonyl (C=O) groups excluding carboxylic acids is 2. The van der Waals surface area contributed by atoms with E-state index in [2.05, 4.69) is 10.1 Å². The Morgan fingerprint density at radius 2 is 2.07 bits per heavy atom. The molecular weight excluding hydrogens is 200 g/mol. The lowest BCUT2D eigenvalue weighted by atomic mass is 10.2. The van der Waals surface area contributed by atoms with Crippen molar-refractivity contribution in [2.75, 3.05) is 19.8 Å². The molecule has 6 heteroatoms. The number of nitrogens with two attached hydrogens (primary N) is 1. The lowest BCUT2D eigenvalue weighted by molar-refractivity contribution is -0.143. The molecule has 0 aromatic carbocycles. The first-order valence-corrected chi connectivity index (χ1v) is 4.87. The van der Waals surface area contributed by atoms with Crippen LogP contribution in [0.25, 0.3) is 0 Å². The molecule has 3 N–H and O–H groups in total. The van der Waals surface area contributed by atoms with E-state index in [1.54, 1.807) is 6.92 Å². The predicted molar refractivity (Wildman–Crippen MR) is 54.3 cm³/mol. The fourth-order valence-electron chi connectivity index (χ4n) is 0.999. The van der Waals surface area contributed by atoms with Crippen LogP contribution < -0.4 is 11.1 Å². The fourth-order valence-corrected chi connectivity index (χ4v) is 0.999. The van der Waals surface area contributed by atoms with Crippen LogP contribution in [0.4, 0.5) is 4.79 Å². The van der Waals surface area contributed by atoms with Crippen molar-refractivity contribution in [3.05, 3.63) is 0 Å². The van der Waals surface area contributed by atoms with E-state index in [-0.39, 0.29) is 18.6 Å². The van der Waals surface area contributed by atoms with E-state index < -0.39 is 6.09 Å². The van der Waals surface area contributed by atoms with E-state index >= 15 is 0 Å². The fraction of sp³-hybridized carbons (Fsp3) is 0.778. The Hall–Kier alpha value is -1.30. The molecule has 0 rings (SSSR count). The highest BCUT2D eigenvalue weighted by Crippen LogP contribution is 1.93. The number of ether oxygens (including phenoxy) is 2. The standard InChI is InChI=1S/C9H18N2O4/c1-3-14-8(12)6-7(2)11-4-5-15-9(10)13/h7,11H,3-6H2,1-2H3,(H2,10,13). The largest absolute Gasteiger partial charge is 0.466 e. The van der Waals surface area contributed by atoms with Gasteiger partial charge >= 0.3 is 12.1 Å². The van der Waals surface area contributed by atoms with Gasteiger partial charge in [-0.25, -0.2) is 4.79 Å². The molecule has 15 heavy (non-hydrogen) atoms. The van der Waals surface area contributed by atoms with Crippen molar-refractivity contribution in [1.29, 1.82) is 0 Å². The van der Waals surface area contributed by atoms with Crippen LogP contribution in [0.1, 0.15) is 20.3 Å². The van der Waals surface area contributed by atoms with E-state index in [1.807, 2.05) is 6.92 Å². The monoisotopic (exact) mass is 218 g/mol. The Kier molecular flexibility index (Phi) is 7.35. The van der Waals surface area contributed by atoms with Crippen molar-refractivity contribution in [1.82, 2.24) is 5.32 Å². The normalized spacial score (nSPS) is 11.9. The zero-order valence-corrected chi connectivity index (χ0v) is 9.12. The van der Waals surface area contributed by atoms with Gasteiger partial charge in [-0.15, -0.1) is 0 Å². The first-order chi connectivity index (χ1) is 7.06. The third-order valence-electron chi connectivity index (χ3n) is 1.62. The summed E-state index contributed by atoms with van der Waals surface area (Å²) in [7, 11) is 0. The van der Waals surface area contributed by atoms with Gasteiger partial charge in [-0.05, 0) is 13.8 Å². The molecule has 1 unspecified atom stereocenters. The second-order valence-corrected chi connectivity index (χ2v) is 3.03. The molecule has 0 aromatic heterocycles. The summed E-state index contributed by atoms with van der Waals surface area (Å²) in [6.45, 7) is 4.65. The van der Waals surface area contributed by atoms with Gasteiger partial charge in [0.1, 0.15) is 6.61 Å². The lowest BCUT2D eigenvalue weighted by Gasteiger charge is -2.12. The number of rotatable bonds is 7. The molecule has 0 spiro atoms. The SMILES string of the molecule is CCOC(=O)CC(C)NCCOC(N)=O. The Bertz CT molecular complexity index is 208. The summed E-state index contributed by atoms with van der Waals surface area (Å²) >= 11 is 0. The minimum Gasteiger partial charge on any atom is -0.466 e. The van der Waals surface area contributed by atoms with E-state index in [0.29, 0.717) is 19.6 Å². The summed E-state index contributed by atoms with van der Waals surface area (Å²) in [6.07, 6.45) is -0.500. The van der Waals surface area contributed by atoms with Crippen molar-refractivity contribution < 1.29 is 19.1 Å². The van der Waals surface area contributed by atoms with Crippen LogP contribution in [-0.2, 0) is 14.3 Å². The second-order valence-electron chi connectivity index (χ2n) is 3.03. The van der Waals surface area contributed by atoms with Crippen LogP contribution in [0.2, 0.25) is 0 Å². The van der Waals surface area contributed by atoms with Gasteiger partial charge in [-0.3, -0.25) is 4.79 Å². The van der Waals surface area contributed by atoms with Crippen molar-refractivity contribution in [2.45, 2.75) is 26.3 Å². The molecule has 0 radical (unpaired) electrons. The quantitative estimate of drug-likeness (QED) is 0.464. The minimum absolute atomic E-state index is 0.0134. The molecule has 88 valence electrons. The van der Waals surface area contributed by atoms with E-state index in [1.165, 1.54) is 0 Å². The molecule has 6 nitrogen and oxygen atoms in total. The molecule has 0 saturated carbocycles. The highest BCUT2D eigenvalue weighted by atomic mass is 16.5. The maximum absolute atomic E-state index is 11.0. The smallest absolute Gasteiger partial charge is 0.404 e. The second kappa shape index (κ2) is 8.05. The third-order valence-corrected chi connectivity index (χ3v) is 1.62. The number of primary amides is 1. The van der Waals surface area contributed by atoms with Gasteiger partial charge in [0.25, 0.3) is 0 Å². The summed E-state index contributed by atoms with van der Waals surface area (Å²) in [6, 6.07) is -0.0134. The number of hydrogen-bond acceptors (Lipinski definition) is 5. The van der Waals surface area contributed by atoms with Crippen molar-refractivity contribution >= 4 is 12.1 Å². The summed E-state index contributed by atoms with van der Waals surface area (Å²) in [5.41, 5.74) is 4.77. The summed E-state index contributed by atoms with van der Waals surface area (Å²) in [5.74, 6) is -0.242. The third kappa shape index (κ3) is 9.01. The molecule has 0 bridgehead atoms. The van der Waals surface area contributed by atoms with E-state index in [0.717, 1.165) is 0 Å². The zero-order chi connectivity index (χ0) is 11.7. The Balaban J connectivity index is 3.44. The summed E-state index contributed by atoms with van der Waals surface area (Å²) in [4.78, 5) is 21.2. The average molecular weight is 218 g/mol. The van der Waals surface area contributed by atoms with E-state index in [4.69, 9.17) is 10.5 Å². The Morgan fingerprint density at radius 1 is 1.40 bits per heavy atom. The zero-order valence-electron chi connectivity index (χ0n) is 9.12. The molecule has 0 aliphatic rings. The minimum atomic E-state index is -0.796. The van der Waals surface area contributed by atoms with Gasteiger partial charge in [-0.2, -0.15) is 0 Å². The predicted octanol–water partition coefficient (Wildman–Crippen LogP) is 0.0130. The number of esters is 1. The maximum atomic E-state index is 11.0. The van der Waals surface area contributed by atoms with Crippen LogP contribution in [0, 0.1) is 0 Å². The molecule has 0 saturated heterocycles. The highest BCUT2D eigenvalue weighted by molar-refractivity contribution is 5.70. The molecule has 0 aliphatic carbocycles. The first-order valence-electron chi connectivity index (χ1n) is 4.87. The molecular formula is C9H18N2O4. The molecule has 1 amide bonds. The number of nitrogens with one attached hydrogen (secondary N) is 1. The summed E-state index contributed by atoms with van der Waals surface area (Å²) in [5, 5.41) is 2.99. The average Bonchev–Trinajstić information content (AvgIpc) is 2.12. The van der Waals surface area contributed by atoms with Crippen LogP contribution in [0.15, 0.2) is 0 Å². The van der Waals surface area contributed by atoms with E-state index in [9.17, 15) is 9.59 Å². The van der Waals surface area contributed by atoms with Gasteiger partial charge in [0.15, 0.2) is 0 Å². The van der Waals surface area contributed by atoms with Crippen molar-refractivity contribution in [2.24, 2.45) is 5.73 Å². The molecule has 1 atom stereocenters. The van der Waals surface area contributed by atoms with Crippen LogP contribution in [0.3, 0.4) is 0 Å². The number of hydrogen-bond donors (Lipinski definition) is 2. The number of amides is 1. The topological polar surface area (TPSA) is 90.7 Å². The van der Waals surface area contributed by atoms with Gasteiger partial charge in [0.05, 0.1) is 13.0 Å². The van der Waals surface area contributed by atoms with Crippen LogP contribution in [0.5, 0.6) is 0 Å². The molecule has 0 heterocycles. The molecule has 0 aliphatic heterocycles. The highest BCUT2D eigenvalue weighted by Gasteiger charge is 2.08. The molecule has 0 fully saturated rings. The number of carbonyl (C=O) groups is 2. The van der Waals surface area contributed by atoms with Gasteiger partial charge in [-0.1, -0.05) is 0 Å². The summed E-state index contributed by atoms with van der Waals surface area (Å²) < 4.78 is 9.28. The van der Waals surface area contributed by atoms with Crippen LogP contribution >= 0.6 is 0 Å². The first kappa shape index (κ1) is 13.7. The van der Waals surface area contributed by atoms with Crippen LogP contribution in [-0.4, -0.2) is 37.9 Å². The van der Waals surface area contributed by atoms with Gasteiger partial charge < -0.3 is 20.5 Å². The Morgan fingerprint density at radius 3 is 2.60 bits per heavy atom. The van der Waals surface area contributed by atoms with Crippen molar-refractivity contribution in [3.63, 3.8) is 0 Å². The Labute approximate surface area is 89.1 Å². The van der Waals surface area contributed by atoms with Gasteiger partial charge in [0.2, 0.25) is 0 Å². The maximum Gasteiger partial charge on any atom is 0.404 e. The lowest BCUT2D eigenvalue weighted by Crippen LogP contribution is -2.32. The molecule has 0 aromatic rings.